The van der Waals surface area contributed by atoms with Crippen LogP contribution in [0.3, 0.4) is 0 Å². The Balaban J connectivity index is 1.46. The first-order valence-electron chi connectivity index (χ1n) is 13.0. The van der Waals surface area contributed by atoms with Crippen LogP contribution in [-0.4, -0.2) is 38.4 Å². The van der Waals surface area contributed by atoms with E-state index in [4.69, 9.17) is 35.3 Å². The fourth-order valence-electron chi connectivity index (χ4n) is 5.31. The van der Waals surface area contributed by atoms with Gasteiger partial charge in [0.2, 0.25) is 12.5 Å². The van der Waals surface area contributed by atoms with E-state index in [2.05, 4.69) is 0 Å². The van der Waals surface area contributed by atoms with Crippen LogP contribution >= 0.6 is 11.6 Å². The molecular weight excluding hydrogens is 530 g/mol. The van der Waals surface area contributed by atoms with Crippen molar-refractivity contribution in [3.8, 4) is 28.7 Å². The molecule has 2 aliphatic heterocycles. The first-order chi connectivity index (χ1) is 19.6. The Morgan fingerprint density at radius 3 is 2.30 bits per heavy atom. The summed E-state index contributed by atoms with van der Waals surface area (Å²) in [6.07, 6.45) is 0.658. The number of halogens is 1. The van der Waals surface area contributed by atoms with Gasteiger partial charge in [0.1, 0.15) is 6.61 Å². The van der Waals surface area contributed by atoms with Crippen LogP contribution in [0.4, 0.5) is 0 Å². The third kappa shape index (κ3) is 4.77. The fraction of sp³-hybridized carbons (Fsp3) is 0.219. The van der Waals surface area contributed by atoms with Crippen LogP contribution < -0.4 is 23.7 Å². The molecule has 40 heavy (non-hydrogen) atoms. The van der Waals surface area contributed by atoms with Gasteiger partial charge in [0, 0.05) is 6.54 Å². The molecule has 0 fully saturated rings. The van der Waals surface area contributed by atoms with Crippen LogP contribution in [0.25, 0.3) is 0 Å². The number of hydrogen-bond acceptors (Lipinski definition) is 6. The van der Waals surface area contributed by atoms with E-state index in [1.54, 1.807) is 26.4 Å². The minimum Gasteiger partial charge on any atom is -0.493 e. The number of amides is 1. The highest BCUT2D eigenvalue weighted by Crippen LogP contribution is 2.47. The number of ether oxygens (including phenoxy) is 5. The van der Waals surface area contributed by atoms with E-state index in [-0.39, 0.29) is 12.7 Å². The summed E-state index contributed by atoms with van der Waals surface area (Å²) in [5.41, 5.74) is 4.29. The molecule has 0 saturated carbocycles. The topological polar surface area (TPSA) is 66.5 Å². The van der Waals surface area contributed by atoms with Crippen LogP contribution in [0.5, 0.6) is 28.7 Å². The molecule has 204 valence electrons. The van der Waals surface area contributed by atoms with E-state index in [1.165, 1.54) is 0 Å². The Bertz CT molecular complexity index is 1530. The zero-order chi connectivity index (χ0) is 27.6. The van der Waals surface area contributed by atoms with Gasteiger partial charge < -0.3 is 28.6 Å². The Morgan fingerprint density at radius 2 is 1.60 bits per heavy atom. The van der Waals surface area contributed by atoms with Gasteiger partial charge in [0.15, 0.2) is 23.0 Å². The Morgan fingerprint density at radius 1 is 0.925 bits per heavy atom. The van der Waals surface area contributed by atoms with Gasteiger partial charge in [0.05, 0.1) is 30.8 Å². The van der Waals surface area contributed by atoms with Crippen molar-refractivity contribution < 1.29 is 28.5 Å². The lowest BCUT2D eigenvalue weighted by Crippen LogP contribution is -2.40. The quantitative estimate of drug-likeness (QED) is 0.260. The number of methoxy groups -OCH3 is 2. The second-order valence-electron chi connectivity index (χ2n) is 9.56. The maximum Gasteiger partial charge on any atom is 0.256 e. The van der Waals surface area contributed by atoms with Crippen LogP contribution in [0.1, 0.15) is 38.7 Å². The summed E-state index contributed by atoms with van der Waals surface area (Å²) in [5, 5.41) is 0.405. The molecule has 4 aromatic rings. The number of carbonyl (C=O) groups is 1. The lowest BCUT2D eigenvalue weighted by molar-refractivity contribution is 0.0694. The van der Waals surface area contributed by atoms with Crippen molar-refractivity contribution in [3.05, 3.63) is 112 Å². The molecule has 1 amide bonds. The van der Waals surface area contributed by atoms with Gasteiger partial charge in [-0.15, -0.1) is 0 Å². The number of fused-ring (bicyclic) bond motifs is 2. The summed E-state index contributed by atoms with van der Waals surface area (Å²) in [6.45, 7) is 0.998. The van der Waals surface area contributed by atoms with Gasteiger partial charge >= 0.3 is 0 Å². The smallest absolute Gasteiger partial charge is 0.256 e. The number of benzene rings is 4. The van der Waals surface area contributed by atoms with Gasteiger partial charge in [0.25, 0.3) is 5.91 Å². The molecule has 1 atom stereocenters. The second kappa shape index (κ2) is 11.0. The van der Waals surface area contributed by atoms with Crippen molar-refractivity contribution in [2.24, 2.45) is 0 Å². The first kappa shape index (κ1) is 25.9. The van der Waals surface area contributed by atoms with E-state index >= 15 is 0 Å². The van der Waals surface area contributed by atoms with Crippen molar-refractivity contribution in [2.75, 3.05) is 27.6 Å². The Hall–Kier alpha value is -4.36. The molecule has 0 aromatic heterocycles. The third-order valence-corrected chi connectivity index (χ3v) is 7.58. The maximum atomic E-state index is 14.0. The van der Waals surface area contributed by atoms with E-state index < -0.39 is 6.04 Å². The third-order valence-electron chi connectivity index (χ3n) is 7.25. The van der Waals surface area contributed by atoms with Crippen molar-refractivity contribution in [3.63, 3.8) is 0 Å². The molecule has 7 nitrogen and oxygen atoms in total. The van der Waals surface area contributed by atoms with Crippen molar-refractivity contribution in [1.29, 1.82) is 0 Å². The molecule has 0 spiro atoms. The monoisotopic (exact) mass is 557 g/mol. The average Bonchev–Trinajstić information content (AvgIpc) is 3.45. The summed E-state index contributed by atoms with van der Waals surface area (Å²) in [6, 6.07) is 24.3. The highest BCUT2D eigenvalue weighted by Gasteiger charge is 2.36. The molecule has 1 unspecified atom stereocenters. The van der Waals surface area contributed by atoms with Gasteiger partial charge in [-0.1, -0.05) is 54.1 Å². The Labute approximate surface area is 237 Å². The molecule has 0 bridgehead atoms. The second-order valence-corrected chi connectivity index (χ2v) is 9.97. The molecule has 2 aliphatic rings. The summed E-state index contributed by atoms with van der Waals surface area (Å²) >= 11 is 6.47. The molecule has 4 aromatic carbocycles. The summed E-state index contributed by atoms with van der Waals surface area (Å²) < 4.78 is 29.1. The van der Waals surface area contributed by atoms with Crippen molar-refractivity contribution in [2.45, 2.75) is 19.1 Å². The zero-order valence-corrected chi connectivity index (χ0v) is 22.9. The van der Waals surface area contributed by atoms with Crippen LogP contribution in [-0.2, 0) is 13.0 Å². The number of carbonyl (C=O) groups excluding carboxylic acids is 1. The van der Waals surface area contributed by atoms with E-state index in [9.17, 15) is 4.79 Å². The van der Waals surface area contributed by atoms with Crippen molar-refractivity contribution in [1.82, 2.24) is 4.90 Å². The van der Waals surface area contributed by atoms with Crippen LogP contribution in [0.15, 0.2) is 78.9 Å². The molecule has 6 rings (SSSR count). The fourth-order valence-corrected chi connectivity index (χ4v) is 5.52. The van der Waals surface area contributed by atoms with Crippen LogP contribution in [0, 0.1) is 0 Å². The standard InChI is InChI=1S/C32H28ClNO6/c1-36-28-15-22(16-29(37-2)31(28)38-18-20-8-4-3-5-9-20)30-24-17-27-26(39-19-40-27)14-21(24)12-13-34(30)32(35)23-10-6-7-11-25(23)33/h3-11,14-17,30H,12-13,18-19H2,1-2H3. The average molecular weight is 558 g/mol. The molecule has 8 heteroatoms. The SMILES string of the molecule is COc1cc(C2c3cc4c(cc3CCN2C(=O)c2ccccc2Cl)OCO4)cc(OC)c1OCc1ccccc1. The van der Waals surface area contributed by atoms with Crippen molar-refractivity contribution >= 4 is 17.5 Å². The lowest BCUT2D eigenvalue weighted by atomic mass is 9.87. The lowest BCUT2D eigenvalue weighted by Gasteiger charge is -2.38. The summed E-state index contributed by atoms with van der Waals surface area (Å²) in [7, 11) is 3.18. The number of nitrogens with zero attached hydrogens (tertiary/aromatic N) is 1. The van der Waals surface area contributed by atoms with E-state index in [1.807, 2.05) is 71.6 Å². The molecular formula is C32H28ClNO6. The van der Waals surface area contributed by atoms with Crippen LogP contribution in [0.2, 0.25) is 5.02 Å². The first-order valence-corrected chi connectivity index (χ1v) is 13.4. The van der Waals surface area contributed by atoms with E-state index in [0.29, 0.717) is 58.9 Å². The molecule has 0 N–H and O–H groups in total. The normalized spacial score (nSPS) is 15.4. The van der Waals surface area contributed by atoms with Gasteiger partial charge in [-0.3, -0.25) is 4.79 Å². The van der Waals surface area contributed by atoms with E-state index in [0.717, 1.165) is 22.3 Å². The predicted molar refractivity (Wildman–Crippen MR) is 151 cm³/mol. The molecule has 2 heterocycles. The zero-order valence-electron chi connectivity index (χ0n) is 22.2. The molecule has 0 aliphatic carbocycles. The Kier molecular flexibility index (Phi) is 7.13. The van der Waals surface area contributed by atoms with Gasteiger partial charge in [-0.05, 0) is 65.1 Å². The summed E-state index contributed by atoms with van der Waals surface area (Å²) in [5.74, 6) is 2.69. The largest absolute Gasteiger partial charge is 0.493 e. The minimum atomic E-state index is -0.465. The van der Waals surface area contributed by atoms with Gasteiger partial charge in [-0.25, -0.2) is 0 Å². The minimum absolute atomic E-state index is 0.166. The van der Waals surface area contributed by atoms with Gasteiger partial charge in [-0.2, -0.15) is 0 Å². The highest BCUT2D eigenvalue weighted by atomic mass is 35.5. The molecule has 0 radical (unpaired) electrons. The number of hydrogen-bond donors (Lipinski definition) is 0. The maximum absolute atomic E-state index is 14.0. The summed E-state index contributed by atoms with van der Waals surface area (Å²) in [4.78, 5) is 15.8. The highest BCUT2D eigenvalue weighted by molar-refractivity contribution is 6.33. The molecule has 0 saturated heterocycles. The predicted octanol–water partition coefficient (Wildman–Crippen LogP) is 6.45. The number of rotatable bonds is 7.